The smallest absolute Gasteiger partial charge is 0.184 e. The molecule has 2 heterocycles. The van der Waals surface area contributed by atoms with Gasteiger partial charge in [-0.15, -0.1) is 11.3 Å². The van der Waals surface area contributed by atoms with Gasteiger partial charge in [0.25, 0.3) is 0 Å². The lowest BCUT2D eigenvalue weighted by atomic mass is 10.1. The number of aryl methyl sites for hydroxylation is 4. The summed E-state index contributed by atoms with van der Waals surface area (Å²) in [4.78, 5) is 10.1. The number of rotatable bonds is 5. The SMILES string of the molecule is Cc1ccc(F)cc1-n1nc(CCc2ccccc2)nc1-c1nc(Cl)sc1C. The summed E-state index contributed by atoms with van der Waals surface area (Å²) in [5, 5.41) is 4.68. The van der Waals surface area contributed by atoms with Crippen LogP contribution in [0.4, 0.5) is 4.39 Å². The standard InChI is InChI=1S/C21H18ClFN4S/c1-13-8-10-16(23)12-17(13)27-20(19-14(2)28-21(22)25-19)24-18(26-27)11-9-15-6-4-3-5-7-15/h3-8,10,12H,9,11H2,1-2H3. The molecule has 0 aliphatic carbocycles. The Hall–Kier alpha value is -2.57. The summed E-state index contributed by atoms with van der Waals surface area (Å²) in [6.45, 7) is 3.87. The van der Waals surface area contributed by atoms with Crippen LogP contribution in [0, 0.1) is 19.7 Å². The number of hydrogen-bond acceptors (Lipinski definition) is 4. The average molecular weight is 413 g/mol. The number of nitrogens with zero attached hydrogens (tertiary/aromatic N) is 4. The summed E-state index contributed by atoms with van der Waals surface area (Å²) in [5.41, 5.74) is 3.45. The van der Waals surface area contributed by atoms with Gasteiger partial charge in [0.2, 0.25) is 0 Å². The lowest BCUT2D eigenvalue weighted by Crippen LogP contribution is -2.04. The molecule has 0 aliphatic heterocycles. The average Bonchev–Trinajstić information content (AvgIpc) is 3.25. The zero-order valence-corrected chi connectivity index (χ0v) is 17.1. The van der Waals surface area contributed by atoms with Gasteiger partial charge in [-0.05, 0) is 43.5 Å². The second-order valence-corrected chi connectivity index (χ2v) is 8.34. The van der Waals surface area contributed by atoms with Gasteiger partial charge in [-0.1, -0.05) is 48.0 Å². The van der Waals surface area contributed by atoms with Crippen molar-refractivity contribution in [3.05, 3.63) is 80.6 Å². The number of thiazole rings is 1. The number of hydrogen-bond donors (Lipinski definition) is 0. The minimum Gasteiger partial charge on any atom is -0.221 e. The van der Waals surface area contributed by atoms with E-state index in [-0.39, 0.29) is 5.82 Å². The summed E-state index contributed by atoms with van der Waals surface area (Å²) in [5.74, 6) is 0.948. The molecule has 0 N–H and O–H groups in total. The lowest BCUT2D eigenvalue weighted by molar-refractivity contribution is 0.624. The van der Waals surface area contributed by atoms with Crippen LogP contribution in [0.3, 0.4) is 0 Å². The molecule has 0 spiro atoms. The Labute approximate surface area is 171 Å². The molecule has 4 nitrogen and oxygen atoms in total. The predicted octanol–water partition coefficient (Wildman–Crippen LogP) is 5.59. The van der Waals surface area contributed by atoms with E-state index in [0.717, 1.165) is 16.9 Å². The van der Waals surface area contributed by atoms with Crippen LogP contribution in [0.5, 0.6) is 0 Å². The molecule has 28 heavy (non-hydrogen) atoms. The Morgan fingerprint density at radius 1 is 1.04 bits per heavy atom. The van der Waals surface area contributed by atoms with Crippen LogP contribution < -0.4 is 0 Å². The van der Waals surface area contributed by atoms with E-state index < -0.39 is 0 Å². The van der Waals surface area contributed by atoms with Gasteiger partial charge in [0.1, 0.15) is 11.5 Å². The fraction of sp³-hybridized carbons (Fsp3) is 0.190. The zero-order chi connectivity index (χ0) is 19.7. The second kappa shape index (κ2) is 7.81. The molecule has 7 heteroatoms. The second-order valence-electron chi connectivity index (χ2n) is 6.55. The van der Waals surface area contributed by atoms with Crippen molar-refractivity contribution >= 4 is 22.9 Å². The van der Waals surface area contributed by atoms with Crippen molar-refractivity contribution in [1.29, 1.82) is 0 Å². The lowest BCUT2D eigenvalue weighted by Gasteiger charge is -2.08. The van der Waals surface area contributed by atoms with E-state index in [0.29, 0.717) is 33.9 Å². The molecule has 4 aromatic rings. The molecule has 0 saturated heterocycles. The predicted molar refractivity (Wildman–Crippen MR) is 111 cm³/mol. The normalized spacial score (nSPS) is 11.1. The first-order valence-electron chi connectivity index (χ1n) is 8.91. The monoisotopic (exact) mass is 412 g/mol. The minimum atomic E-state index is -0.319. The molecule has 0 unspecified atom stereocenters. The molecule has 0 aliphatic rings. The van der Waals surface area contributed by atoms with Gasteiger partial charge in [0.15, 0.2) is 16.1 Å². The molecular formula is C21H18ClFN4S. The molecule has 2 aromatic carbocycles. The van der Waals surface area contributed by atoms with E-state index in [1.807, 2.05) is 32.0 Å². The molecule has 0 fully saturated rings. The Bertz CT molecular complexity index is 1120. The van der Waals surface area contributed by atoms with Crippen LogP contribution in [-0.4, -0.2) is 19.7 Å². The maximum absolute atomic E-state index is 13.9. The summed E-state index contributed by atoms with van der Waals surface area (Å²) < 4.78 is 16.1. The first-order valence-corrected chi connectivity index (χ1v) is 10.1. The van der Waals surface area contributed by atoms with Crippen LogP contribution in [0.15, 0.2) is 48.5 Å². The molecule has 0 atom stereocenters. The third kappa shape index (κ3) is 3.84. The highest BCUT2D eigenvalue weighted by atomic mass is 35.5. The Morgan fingerprint density at radius 2 is 1.82 bits per heavy atom. The topological polar surface area (TPSA) is 43.6 Å². The van der Waals surface area contributed by atoms with Crippen molar-refractivity contribution in [2.24, 2.45) is 0 Å². The van der Waals surface area contributed by atoms with Gasteiger partial charge in [-0.25, -0.2) is 19.0 Å². The highest BCUT2D eigenvalue weighted by molar-refractivity contribution is 7.16. The van der Waals surface area contributed by atoms with Gasteiger partial charge in [-0.3, -0.25) is 0 Å². The van der Waals surface area contributed by atoms with E-state index in [9.17, 15) is 4.39 Å². The molecular weight excluding hydrogens is 395 g/mol. The summed E-state index contributed by atoms with van der Waals surface area (Å²) in [7, 11) is 0. The summed E-state index contributed by atoms with van der Waals surface area (Å²) in [6, 6.07) is 14.8. The third-order valence-corrected chi connectivity index (χ3v) is 5.59. The number of benzene rings is 2. The van der Waals surface area contributed by atoms with Gasteiger partial charge in [0, 0.05) is 11.3 Å². The van der Waals surface area contributed by atoms with Crippen molar-refractivity contribution in [2.75, 3.05) is 0 Å². The third-order valence-electron chi connectivity index (χ3n) is 4.51. The van der Waals surface area contributed by atoms with E-state index in [2.05, 4.69) is 22.2 Å². The quantitative estimate of drug-likeness (QED) is 0.429. The van der Waals surface area contributed by atoms with E-state index >= 15 is 0 Å². The van der Waals surface area contributed by atoms with Crippen LogP contribution in [0.1, 0.15) is 21.8 Å². The van der Waals surface area contributed by atoms with Crippen molar-refractivity contribution < 1.29 is 4.39 Å². The first kappa shape index (κ1) is 18.8. The van der Waals surface area contributed by atoms with Gasteiger partial charge < -0.3 is 0 Å². The van der Waals surface area contributed by atoms with Gasteiger partial charge in [-0.2, -0.15) is 5.10 Å². The van der Waals surface area contributed by atoms with E-state index in [1.165, 1.54) is 29.0 Å². The summed E-state index contributed by atoms with van der Waals surface area (Å²) in [6.07, 6.45) is 1.50. The maximum atomic E-state index is 13.9. The van der Waals surface area contributed by atoms with Crippen molar-refractivity contribution in [2.45, 2.75) is 26.7 Å². The molecule has 142 valence electrons. The van der Waals surface area contributed by atoms with Crippen molar-refractivity contribution in [3.63, 3.8) is 0 Å². The number of aromatic nitrogens is 4. The first-order chi connectivity index (χ1) is 13.5. The fourth-order valence-corrected chi connectivity index (χ4v) is 4.12. The summed E-state index contributed by atoms with van der Waals surface area (Å²) >= 11 is 7.50. The van der Waals surface area contributed by atoms with Crippen LogP contribution in [0.2, 0.25) is 4.47 Å². The van der Waals surface area contributed by atoms with Gasteiger partial charge >= 0.3 is 0 Å². The molecule has 0 bridgehead atoms. The van der Waals surface area contributed by atoms with Crippen LogP contribution in [-0.2, 0) is 12.8 Å². The molecule has 0 radical (unpaired) electrons. The van der Waals surface area contributed by atoms with Crippen molar-refractivity contribution in [3.8, 4) is 17.2 Å². The highest BCUT2D eigenvalue weighted by Crippen LogP contribution is 2.31. The minimum absolute atomic E-state index is 0.319. The van der Waals surface area contributed by atoms with E-state index in [4.69, 9.17) is 16.6 Å². The Kier molecular flexibility index (Phi) is 5.24. The largest absolute Gasteiger partial charge is 0.221 e. The number of halogens is 2. The Balaban J connectivity index is 1.78. The van der Waals surface area contributed by atoms with Crippen LogP contribution in [0.25, 0.3) is 17.2 Å². The van der Waals surface area contributed by atoms with Crippen molar-refractivity contribution in [1.82, 2.24) is 19.7 Å². The Morgan fingerprint density at radius 3 is 2.54 bits per heavy atom. The molecule has 4 rings (SSSR count). The fourth-order valence-electron chi connectivity index (χ4n) is 3.06. The van der Waals surface area contributed by atoms with Crippen LogP contribution >= 0.6 is 22.9 Å². The highest BCUT2D eigenvalue weighted by Gasteiger charge is 2.20. The molecule has 2 aromatic heterocycles. The molecule has 0 saturated carbocycles. The van der Waals surface area contributed by atoms with Gasteiger partial charge in [0.05, 0.1) is 5.69 Å². The maximum Gasteiger partial charge on any atom is 0.184 e. The van der Waals surface area contributed by atoms with E-state index in [1.54, 1.807) is 10.7 Å². The zero-order valence-electron chi connectivity index (χ0n) is 15.5. The molecule has 0 amide bonds.